The summed E-state index contributed by atoms with van der Waals surface area (Å²) in [4.78, 5) is 60.1. The molecule has 2 aromatic carbocycles. The first-order valence-electron chi connectivity index (χ1n) is 16.6. The van der Waals surface area contributed by atoms with E-state index in [2.05, 4.69) is 0 Å². The summed E-state index contributed by atoms with van der Waals surface area (Å²) in [7, 11) is 0. The van der Waals surface area contributed by atoms with Gasteiger partial charge in [0.1, 0.15) is 29.5 Å². The van der Waals surface area contributed by atoms with Gasteiger partial charge in [-0.25, -0.2) is 14.4 Å². The SMILES string of the molecule is C[CH]CCOC(=O)Oc1ccc(/C=C/c2cc(OC(=O)OCC[C@@H](C)OC(=O)CCC)cc(OC(=O)OCC[C@@H](C)OC(=O)CCC)c2)cc1. The molecular weight excluding hydrogens is 652 g/mol. The Morgan fingerprint density at radius 1 is 0.600 bits per heavy atom. The van der Waals surface area contributed by atoms with Gasteiger partial charge in [-0.3, -0.25) is 9.59 Å². The first-order valence-corrected chi connectivity index (χ1v) is 16.6. The highest BCUT2D eigenvalue weighted by Crippen LogP contribution is 2.26. The van der Waals surface area contributed by atoms with Crippen molar-refractivity contribution < 1.29 is 61.9 Å². The molecule has 13 nitrogen and oxygen atoms in total. The van der Waals surface area contributed by atoms with Crippen LogP contribution in [0.3, 0.4) is 0 Å². The summed E-state index contributed by atoms with van der Waals surface area (Å²) in [5, 5.41) is 0. The van der Waals surface area contributed by atoms with Gasteiger partial charge in [0.15, 0.2) is 0 Å². The van der Waals surface area contributed by atoms with Crippen molar-refractivity contribution in [3.05, 3.63) is 60.0 Å². The van der Waals surface area contributed by atoms with Crippen LogP contribution in [0.4, 0.5) is 14.4 Å². The molecule has 0 heterocycles. The fourth-order valence-corrected chi connectivity index (χ4v) is 3.99. The van der Waals surface area contributed by atoms with Crippen molar-refractivity contribution in [3.8, 4) is 17.2 Å². The maximum atomic E-state index is 12.5. The lowest BCUT2D eigenvalue weighted by Crippen LogP contribution is -2.19. The molecular formula is C37H47O13. The van der Waals surface area contributed by atoms with Gasteiger partial charge in [0.2, 0.25) is 0 Å². The molecule has 50 heavy (non-hydrogen) atoms. The van der Waals surface area contributed by atoms with Crippen molar-refractivity contribution >= 4 is 42.6 Å². The summed E-state index contributed by atoms with van der Waals surface area (Å²) in [6.07, 6.45) is 4.66. The van der Waals surface area contributed by atoms with Crippen LogP contribution in [0.2, 0.25) is 0 Å². The van der Waals surface area contributed by atoms with Gasteiger partial charge in [-0.05, 0) is 74.9 Å². The summed E-state index contributed by atoms with van der Waals surface area (Å²) in [5.74, 6) is -0.315. The minimum Gasteiger partial charge on any atom is -0.463 e. The Bertz CT molecular complexity index is 1340. The minimum atomic E-state index is -1.01. The Morgan fingerprint density at radius 2 is 1.04 bits per heavy atom. The highest BCUT2D eigenvalue weighted by molar-refractivity contribution is 5.74. The van der Waals surface area contributed by atoms with Crippen molar-refractivity contribution in [2.45, 2.75) is 91.8 Å². The molecule has 2 aromatic rings. The molecule has 0 aromatic heterocycles. The topological polar surface area (TPSA) is 159 Å². The molecule has 0 N–H and O–H groups in total. The Labute approximate surface area is 293 Å². The van der Waals surface area contributed by atoms with E-state index in [9.17, 15) is 24.0 Å². The molecule has 13 heteroatoms. The molecule has 2 atom stereocenters. The lowest BCUT2D eigenvalue weighted by atomic mass is 10.1. The maximum Gasteiger partial charge on any atom is 0.513 e. The Kier molecular flexibility index (Phi) is 19.2. The number of benzene rings is 2. The van der Waals surface area contributed by atoms with E-state index in [1.165, 1.54) is 18.2 Å². The van der Waals surface area contributed by atoms with E-state index in [4.69, 9.17) is 37.9 Å². The second-order valence-electron chi connectivity index (χ2n) is 11.1. The van der Waals surface area contributed by atoms with Crippen LogP contribution in [0.15, 0.2) is 42.5 Å². The first-order chi connectivity index (χ1) is 24.0. The van der Waals surface area contributed by atoms with Crippen LogP contribution >= 0.6 is 0 Å². The lowest BCUT2D eigenvalue weighted by Gasteiger charge is -2.14. The van der Waals surface area contributed by atoms with Gasteiger partial charge < -0.3 is 37.9 Å². The standard InChI is InChI=1S/C37H47O13/c1-6-9-20-43-35(40)48-30-16-14-28(15-17-30)12-13-29-23-31(49-36(41)44-21-18-26(4)46-33(38)10-7-2)25-32(24-29)50-37(42)45-22-19-27(5)47-34(39)11-8-3/h6,12-17,23-27H,7-11,18-22H2,1-5H3/b13-12+/t26-,27-/m1/s1. The van der Waals surface area contributed by atoms with Gasteiger partial charge in [-0.1, -0.05) is 45.1 Å². The van der Waals surface area contributed by atoms with Crippen molar-refractivity contribution in [2.75, 3.05) is 19.8 Å². The third-order valence-corrected chi connectivity index (χ3v) is 6.54. The number of carbonyl (C=O) groups excluding carboxylic acids is 5. The number of hydrogen-bond donors (Lipinski definition) is 0. The van der Waals surface area contributed by atoms with Gasteiger partial charge in [0.25, 0.3) is 0 Å². The molecule has 0 aliphatic heterocycles. The predicted molar refractivity (Wildman–Crippen MR) is 182 cm³/mol. The van der Waals surface area contributed by atoms with Crippen LogP contribution in [-0.2, 0) is 33.3 Å². The second kappa shape index (κ2) is 23.3. The predicted octanol–water partition coefficient (Wildman–Crippen LogP) is 8.26. The minimum absolute atomic E-state index is 0.0155. The molecule has 273 valence electrons. The smallest absolute Gasteiger partial charge is 0.463 e. The number of esters is 2. The van der Waals surface area contributed by atoms with E-state index in [0.717, 1.165) is 5.56 Å². The van der Waals surface area contributed by atoms with Crippen molar-refractivity contribution in [3.63, 3.8) is 0 Å². The van der Waals surface area contributed by atoms with E-state index in [0.29, 0.717) is 43.4 Å². The normalized spacial score (nSPS) is 11.9. The van der Waals surface area contributed by atoms with Gasteiger partial charge in [-0.15, -0.1) is 0 Å². The Hall–Kier alpha value is -5.07. The molecule has 1 radical (unpaired) electrons. The number of hydrogen-bond acceptors (Lipinski definition) is 13. The molecule has 0 saturated carbocycles. The highest BCUT2D eigenvalue weighted by atomic mass is 16.7. The van der Waals surface area contributed by atoms with Crippen molar-refractivity contribution in [2.24, 2.45) is 0 Å². The highest BCUT2D eigenvalue weighted by Gasteiger charge is 2.15. The van der Waals surface area contributed by atoms with Gasteiger partial charge in [0, 0.05) is 31.7 Å². The average Bonchev–Trinajstić information content (AvgIpc) is 3.04. The largest absolute Gasteiger partial charge is 0.513 e. The molecule has 0 unspecified atom stereocenters. The second-order valence-corrected chi connectivity index (χ2v) is 11.1. The average molecular weight is 700 g/mol. The fourth-order valence-electron chi connectivity index (χ4n) is 3.99. The first kappa shape index (κ1) is 41.1. The molecule has 0 aliphatic carbocycles. The molecule has 0 saturated heterocycles. The summed E-state index contributed by atoms with van der Waals surface area (Å²) in [5.41, 5.74) is 1.23. The molecule has 2 rings (SSSR count). The molecule has 0 fully saturated rings. The molecule has 0 amide bonds. The van der Waals surface area contributed by atoms with E-state index in [1.807, 2.05) is 27.2 Å². The quantitative estimate of drug-likeness (QED) is 0.0428. The molecule has 0 spiro atoms. The zero-order valence-electron chi connectivity index (χ0n) is 29.3. The van der Waals surface area contributed by atoms with Gasteiger partial charge in [-0.2, -0.15) is 0 Å². The summed E-state index contributed by atoms with van der Waals surface area (Å²) in [6.45, 7) is 9.10. The van der Waals surface area contributed by atoms with Crippen LogP contribution in [0.25, 0.3) is 12.2 Å². The van der Waals surface area contributed by atoms with Crippen LogP contribution < -0.4 is 14.2 Å². The summed E-state index contributed by atoms with van der Waals surface area (Å²) >= 11 is 0. The zero-order chi connectivity index (χ0) is 36.7. The third kappa shape index (κ3) is 17.9. The number of ether oxygens (including phenoxy) is 8. The van der Waals surface area contributed by atoms with Crippen LogP contribution in [0, 0.1) is 6.42 Å². The maximum absolute atomic E-state index is 12.5. The molecule has 0 bridgehead atoms. The van der Waals surface area contributed by atoms with Crippen LogP contribution in [0.5, 0.6) is 17.2 Å². The van der Waals surface area contributed by atoms with E-state index in [1.54, 1.807) is 50.3 Å². The number of carbonyl (C=O) groups is 5. The van der Waals surface area contributed by atoms with Crippen LogP contribution in [0.1, 0.15) is 90.7 Å². The monoisotopic (exact) mass is 699 g/mol. The van der Waals surface area contributed by atoms with E-state index in [-0.39, 0.29) is 56.1 Å². The molecule has 0 aliphatic rings. The Balaban J connectivity index is 2.08. The van der Waals surface area contributed by atoms with Crippen LogP contribution in [-0.4, -0.2) is 62.4 Å². The van der Waals surface area contributed by atoms with Gasteiger partial charge >= 0.3 is 30.4 Å². The summed E-state index contributed by atoms with van der Waals surface area (Å²) < 4.78 is 41.6. The third-order valence-electron chi connectivity index (χ3n) is 6.54. The zero-order valence-corrected chi connectivity index (χ0v) is 29.3. The Morgan fingerprint density at radius 3 is 1.50 bits per heavy atom. The summed E-state index contributed by atoms with van der Waals surface area (Å²) in [6, 6.07) is 11.0. The van der Waals surface area contributed by atoms with Gasteiger partial charge in [0.05, 0.1) is 19.8 Å². The van der Waals surface area contributed by atoms with E-state index >= 15 is 0 Å². The van der Waals surface area contributed by atoms with Crippen molar-refractivity contribution in [1.82, 2.24) is 0 Å². The fraction of sp³-hybridized carbons (Fsp3) is 0.459. The number of unbranched alkanes of at least 4 members (excludes halogenated alkanes) is 1. The lowest BCUT2D eigenvalue weighted by molar-refractivity contribution is -0.149. The number of rotatable bonds is 20. The van der Waals surface area contributed by atoms with Crippen molar-refractivity contribution in [1.29, 1.82) is 0 Å². The van der Waals surface area contributed by atoms with E-state index < -0.39 is 30.7 Å².